The lowest BCUT2D eigenvalue weighted by Crippen LogP contribution is -2.37. The van der Waals surface area contributed by atoms with Crippen molar-refractivity contribution in [2.45, 2.75) is 32.9 Å². The van der Waals surface area contributed by atoms with Crippen LogP contribution in [0.15, 0.2) is 48.7 Å². The van der Waals surface area contributed by atoms with Gasteiger partial charge in [-0.1, -0.05) is 31.2 Å². The van der Waals surface area contributed by atoms with Crippen LogP contribution in [0.3, 0.4) is 0 Å². The maximum atomic E-state index is 12.2. The van der Waals surface area contributed by atoms with Gasteiger partial charge < -0.3 is 10.1 Å². The van der Waals surface area contributed by atoms with Crippen molar-refractivity contribution in [1.82, 2.24) is 10.3 Å². The second-order valence-corrected chi connectivity index (χ2v) is 4.82. The summed E-state index contributed by atoms with van der Waals surface area (Å²) in [5, 5.41) is 2.86. The maximum absolute atomic E-state index is 12.2. The zero-order valence-corrected chi connectivity index (χ0v) is 12.4. The van der Waals surface area contributed by atoms with E-state index in [0.717, 1.165) is 17.0 Å². The first-order chi connectivity index (χ1) is 10.2. The number of carbonyl (C=O) groups excluding carboxylic acids is 1. The predicted octanol–water partition coefficient (Wildman–Crippen LogP) is 2.86. The molecule has 1 heterocycles. The van der Waals surface area contributed by atoms with E-state index in [9.17, 15) is 4.79 Å². The zero-order chi connectivity index (χ0) is 15.1. The molecule has 1 amide bonds. The van der Waals surface area contributed by atoms with Gasteiger partial charge in [0.2, 0.25) is 0 Å². The average Bonchev–Trinajstić information content (AvgIpc) is 2.53. The molecule has 0 saturated heterocycles. The number of aromatic nitrogens is 1. The monoisotopic (exact) mass is 284 g/mol. The smallest absolute Gasteiger partial charge is 0.261 e. The SMILES string of the molecule is CCC(Oc1ccccc1C)C(=O)NCc1ccccn1. The molecule has 0 bridgehead atoms. The average molecular weight is 284 g/mol. The molecule has 4 heteroatoms. The summed E-state index contributed by atoms with van der Waals surface area (Å²) in [6.45, 7) is 4.31. The summed E-state index contributed by atoms with van der Waals surface area (Å²) in [7, 11) is 0. The fourth-order valence-electron chi connectivity index (χ4n) is 1.96. The van der Waals surface area contributed by atoms with Gasteiger partial charge in [-0.25, -0.2) is 0 Å². The van der Waals surface area contributed by atoms with Crippen molar-refractivity contribution >= 4 is 5.91 Å². The minimum Gasteiger partial charge on any atom is -0.480 e. The van der Waals surface area contributed by atoms with E-state index in [4.69, 9.17) is 4.74 Å². The van der Waals surface area contributed by atoms with Gasteiger partial charge in [0, 0.05) is 6.20 Å². The quantitative estimate of drug-likeness (QED) is 0.887. The molecule has 1 aromatic heterocycles. The molecule has 2 rings (SSSR count). The summed E-state index contributed by atoms with van der Waals surface area (Å²) in [6, 6.07) is 13.3. The Labute approximate surface area is 125 Å². The van der Waals surface area contributed by atoms with Crippen LogP contribution in [0.1, 0.15) is 24.6 Å². The molecule has 0 aliphatic rings. The number of carbonyl (C=O) groups is 1. The molecule has 1 N–H and O–H groups in total. The molecule has 0 spiro atoms. The van der Waals surface area contributed by atoms with Crippen LogP contribution >= 0.6 is 0 Å². The summed E-state index contributed by atoms with van der Waals surface area (Å²) < 4.78 is 5.81. The number of benzene rings is 1. The highest BCUT2D eigenvalue weighted by atomic mass is 16.5. The highest BCUT2D eigenvalue weighted by molar-refractivity contribution is 5.81. The van der Waals surface area contributed by atoms with Crippen molar-refractivity contribution in [1.29, 1.82) is 0 Å². The second-order valence-electron chi connectivity index (χ2n) is 4.82. The molecule has 0 fully saturated rings. The normalized spacial score (nSPS) is 11.7. The number of pyridine rings is 1. The van der Waals surface area contributed by atoms with E-state index in [1.54, 1.807) is 6.20 Å². The van der Waals surface area contributed by atoms with E-state index in [0.29, 0.717) is 13.0 Å². The van der Waals surface area contributed by atoms with E-state index in [1.807, 2.05) is 56.3 Å². The lowest BCUT2D eigenvalue weighted by atomic mass is 10.2. The topological polar surface area (TPSA) is 51.2 Å². The summed E-state index contributed by atoms with van der Waals surface area (Å²) in [6.07, 6.45) is 1.83. The molecule has 21 heavy (non-hydrogen) atoms. The minimum absolute atomic E-state index is 0.119. The zero-order valence-electron chi connectivity index (χ0n) is 12.4. The highest BCUT2D eigenvalue weighted by Gasteiger charge is 2.18. The third-order valence-corrected chi connectivity index (χ3v) is 3.20. The van der Waals surface area contributed by atoms with Crippen LogP contribution in [-0.4, -0.2) is 17.0 Å². The molecule has 0 saturated carbocycles. The highest BCUT2D eigenvalue weighted by Crippen LogP contribution is 2.18. The molecule has 1 aromatic carbocycles. The molecule has 1 unspecified atom stereocenters. The van der Waals surface area contributed by atoms with Crippen molar-refractivity contribution in [3.05, 3.63) is 59.9 Å². The number of para-hydroxylation sites is 1. The first-order valence-corrected chi connectivity index (χ1v) is 7.10. The number of nitrogens with zero attached hydrogens (tertiary/aromatic N) is 1. The second kappa shape index (κ2) is 7.43. The van der Waals surface area contributed by atoms with Gasteiger partial charge in [0.1, 0.15) is 5.75 Å². The molecular weight excluding hydrogens is 264 g/mol. The van der Waals surface area contributed by atoms with Gasteiger partial charge >= 0.3 is 0 Å². The van der Waals surface area contributed by atoms with Crippen LogP contribution in [0.2, 0.25) is 0 Å². The lowest BCUT2D eigenvalue weighted by molar-refractivity contribution is -0.128. The largest absolute Gasteiger partial charge is 0.480 e. The molecule has 0 radical (unpaired) electrons. The van der Waals surface area contributed by atoms with E-state index >= 15 is 0 Å². The van der Waals surface area contributed by atoms with E-state index in [-0.39, 0.29) is 5.91 Å². The fourth-order valence-corrected chi connectivity index (χ4v) is 1.96. The Hall–Kier alpha value is -2.36. The van der Waals surface area contributed by atoms with Gasteiger partial charge in [0.05, 0.1) is 12.2 Å². The van der Waals surface area contributed by atoms with Crippen molar-refractivity contribution in [3.8, 4) is 5.75 Å². The van der Waals surface area contributed by atoms with Gasteiger partial charge in [0.15, 0.2) is 6.10 Å². The summed E-state index contributed by atoms with van der Waals surface area (Å²) in [5.74, 6) is 0.628. The number of hydrogen-bond acceptors (Lipinski definition) is 3. The number of rotatable bonds is 6. The van der Waals surface area contributed by atoms with Crippen molar-refractivity contribution in [2.24, 2.45) is 0 Å². The first-order valence-electron chi connectivity index (χ1n) is 7.10. The van der Waals surface area contributed by atoms with Crippen LogP contribution in [-0.2, 0) is 11.3 Å². The third-order valence-electron chi connectivity index (χ3n) is 3.20. The predicted molar refractivity (Wildman–Crippen MR) is 82.0 cm³/mol. The fraction of sp³-hybridized carbons (Fsp3) is 0.294. The van der Waals surface area contributed by atoms with Gasteiger partial charge in [-0.15, -0.1) is 0 Å². The Morgan fingerprint density at radius 1 is 1.24 bits per heavy atom. The Bertz CT molecular complexity index is 584. The number of hydrogen-bond donors (Lipinski definition) is 1. The van der Waals surface area contributed by atoms with Crippen molar-refractivity contribution in [2.75, 3.05) is 0 Å². The molecule has 0 aliphatic heterocycles. The summed E-state index contributed by atoms with van der Waals surface area (Å²) in [4.78, 5) is 16.4. The minimum atomic E-state index is -0.491. The maximum Gasteiger partial charge on any atom is 0.261 e. The third kappa shape index (κ3) is 4.31. The molecule has 4 nitrogen and oxygen atoms in total. The molecular formula is C17H20N2O2. The Balaban J connectivity index is 1.94. The Morgan fingerprint density at radius 3 is 2.67 bits per heavy atom. The summed E-state index contributed by atoms with van der Waals surface area (Å²) in [5.41, 5.74) is 1.85. The van der Waals surface area contributed by atoms with Gasteiger partial charge in [0.25, 0.3) is 5.91 Å². The molecule has 1 atom stereocenters. The van der Waals surface area contributed by atoms with Crippen LogP contribution in [0.4, 0.5) is 0 Å². The summed E-state index contributed by atoms with van der Waals surface area (Å²) >= 11 is 0. The van der Waals surface area contributed by atoms with E-state index in [2.05, 4.69) is 10.3 Å². The van der Waals surface area contributed by atoms with Gasteiger partial charge in [-0.05, 0) is 37.1 Å². The number of aryl methyl sites for hydroxylation is 1. The number of amides is 1. The molecule has 0 aliphatic carbocycles. The standard InChI is InChI=1S/C17H20N2O2/c1-3-15(21-16-10-5-4-8-13(16)2)17(20)19-12-14-9-6-7-11-18-14/h4-11,15H,3,12H2,1-2H3,(H,19,20). The van der Waals surface area contributed by atoms with Crippen LogP contribution in [0.25, 0.3) is 0 Å². The van der Waals surface area contributed by atoms with E-state index < -0.39 is 6.10 Å². The van der Waals surface area contributed by atoms with Gasteiger partial charge in [-0.3, -0.25) is 9.78 Å². The van der Waals surface area contributed by atoms with E-state index in [1.165, 1.54) is 0 Å². The lowest BCUT2D eigenvalue weighted by Gasteiger charge is -2.18. The first kappa shape index (κ1) is 15.0. The van der Waals surface area contributed by atoms with Gasteiger partial charge in [-0.2, -0.15) is 0 Å². The van der Waals surface area contributed by atoms with Crippen LogP contribution in [0, 0.1) is 6.92 Å². The van der Waals surface area contributed by atoms with Crippen LogP contribution < -0.4 is 10.1 Å². The van der Waals surface area contributed by atoms with Crippen molar-refractivity contribution < 1.29 is 9.53 Å². The Kier molecular flexibility index (Phi) is 5.32. The van der Waals surface area contributed by atoms with Crippen molar-refractivity contribution in [3.63, 3.8) is 0 Å². The molecule has 110 valence electrons. The number of nitrogens with one attached hydrogen (secondary N) is 1. The number of ether oxygens (including phenoxy) is 1. The Morgan fingerprint density at radius 2 is 2.00 bits per heavy atom. The molecule has 2 aromatic rings. The van der Waals surface area contributed by atoms with Crippen LogP contribution in [0.5, 0.6) is 5.75 Å².